The van der Waals surface area contributed by atoms with Gasteiger partial charge in [-0.15, -0.1) is 0 Å². The maximum absolute atomic E-state index is 13.1. The Labute approximate surface area is 182 Å². The van der Waals surface area contributed by atoms with E-state index in [0.29, 0.717) is 17.8 Å². The zero-order valence-electron chi connectivity index (χ0n) is 17.6. The molecule has 1 aliphatic heterocycles. The molecule has 0 spiro atoms. The number of nitrogens with one attached hydrogen (secondary N) is 1. The Morgan fingerprint density at radius 2 is 1.55 bits per heavy atom. The number of carbonyl (C=O) groups excluding carboxylic acids is 1. The van der Waals surface area contributed by atoms with Crippen LogP contribution >= 0.6 is 0 Å². The molecule has 1 heterocycles. The number of carbonyl (C=O) groups is 1. The van der Waals surface area contributed by atoms with Crippen LogP contribution < -0.4 is 11.1 Å². The lowest BCUT2D eigenvalue weighted by Crippen LogP contribution is -2.26. The molecule has 0 aliphatic carbocycles. The number of anilines is 1. The zero-order chi connectivity index (χ0) is 21.6. The highest BCUT2D eigenvalue weighted by atomic mass is 19.1. The average molecular weight is 418 g/mol. The summed E-state index contributed by atoms with van der Waals surface area (Å²) >= 11 is 0. The lowest BCUT2D eigenvalue weighted by molar-refractivity contribution is 0.0955. The van der Waals surface area contributed by atoms with Crippen LogP contribution in [0.3, 0.4) is 0 Å². The summed E-state index contributed by atoms with van der Waals surface area (Å²) in [6.45, 7) is 3.96. The molecular formula is C26H28FN3O. The van der Waals surface area contributed by atoms with E-state index in [9.17, 15) is 9.18 Å². The number of nitrogens with zero attached hydrogens (tertiary/aromatic N) is 1. The molecule has 1 saturated heterocycles. The van der Waals surface area contributed by atoms with E-state index >= 15 is 0 Å². The summed E-state index contributed by atoms with van der Waals surface area (Å²) in [4.78, 5) is 15.0. The van der Waals surface area contributed by atoms with E-state index in [1.807, 2.05) is 6.07 Å². The highest BCUT2D eigenvalue weighted by Crippen LogP contribution is 2.24. The second-order valence-corrected chi connectivity index (χ2v) is 8.11. The lowest BCUT2D eigenvalue weighted by Gasteiger charge is -2.14. The second kappa shape index (κ2) is 9.75. The minimum atomic E-state index is -0.283. The third kappa shape index (κ3) is 5.50. The molecule has 0 unspecified atom stereocenters. The van der Waals surface area contributed by atoms with E-state index in [1.165, 1.54) is 49.2 Å². The number of amides is 1. The van der Waals surface area contributed by atoms with Crippen LogP contribution in [0.2, 0.25) is 0 Å². The number of hydrogen-bond donors (Lipinski definition) is 2. The summed E-state index contributed by atoms with van der Waals surface area (Å²) < 4.78 is 13.1. The Morgan fingerprint density at radius 1 is 0.903 bits per heavy atom. The summed E-state index contributed by atoms with van der Waals surface area (Å²) in [5, 5.41) is 2.95. The third-order valence-electron chi connectivity index (χ3n) is 5.80. The van der Waals surface area contributed by atoms with Gasteiger partial charge in [0.25, 0.3) is 5.91 Å². The number of benzene rings is 3. The van der Waals surface area contributed by atoms with Gasteiger partial charge in [-0.3, -0.25) is 9.69 Å². The molecule has 3 aromatic carbocycles. The molecule has 0 atom stereocenters. The molecule has 0 radical (unpaired) electrons. The Bertz CT molecular complexity index is 1030. The van der Waals surface area contributed by atoms with Crippen LogP contribution in [0.15, 0.2) is 66.7 Å². The maximum atomic E-state index is 13.1. The predicted octanol–water partition coefficient (Wildman–Crippen LogP) is 4.64. The van der Waals surface area contributed by atoms with Crippen molar-refractivity contribution in [1.29, 1.82) is 0 Å². The first-order chi connectivity index (χ1) is 15.1. The van der Waals surface area contributed by atoms with E-state index in [2.05, 4.69) is 34.5 Å². The molecule has 160 valence electrons. The smallest absolute Gasteiger partial charge is 0.253 e. The van der Waals surface area contributed by atoms with Gasteiger partial charge in [-0.05, 0) is 78.9 Å². The maximum Gasteiger partial charge on any atom is 0.253 e. The first-order valence-corrected chi connectivity index (χ1v) is 10.8. The van der Waals surface area contributed by atoms with Crippen molar-refractivity contribution < 1.29 is 9.18 Å². The highest BCUT2D eigenvalue weighted by molar-refractivity contribution is 6.00. The number of nitrogen functional groups attached to an aromatic ring is 1. The van der Waals surface area contributed by atoms with Crippen molar-refractivity contribution in [3.8, 4) is 11.1 Å². The summed E-state index contributed by atoms with van der Waals surface area (Å²) in [7, 11) is 0. The van der Waals surface area contributed by atoms with Gasteiger partial charge in [-0.1, -0.05) is 42.5 Å². The third-order valence-corrected chi connectivity index (χ3v) is 5.80. The Balaban J connectivity index is 1.29. The lowest BCUT2D eigenvalue weighted by atomic mass is 10.0. The van der Waals surface area contributed by atoms with Crippen molar-refractivity contribution in [2.24, 2.45) is 0 Å². The minimum absolute atomic E-state index is 0.186. The van der Waals surface area contributed by atoms with Crippen molar-refractivity contribution in [1.82, 2.24) is 10.2 Å². The standard InChI is InChI=1S/C26H28FN3O/c27-23-10-7-21(8-11-23)22-9-12-24(25(28)17-22)26(31)29-14-13-19-3-5-20(6-4-19)18-30-15-1-2-16-30/h3-12,17H,1-2,13-16,18,28H2,(H,29,31). The largest absolute Gasteiger partial charge is 0.398 e. The second-order valence-electron chi connectivity index (χ2n) is 8.11. The summed E-state index contributed by atoms with van der Waals surface area (Å²) in [5.74, 6) is -0.470. The van der Waals surface area contributed by atoms with Gasteiger partial charge >= 0.3 is 0 Å². The molecule has 1 fully saturated rings. The Hall–Kier alpha value is -3.18. The Morgan fingerprint density at radius 3 is 2.23 bits per heavy atom. The van der Waals surface area contributed by atoms with Crippen molar-refractivity contribution >= 4 is 11.6 Å². The molecule has 1 amide bonds. The molecule has 5 heteroatoms. The summed E-state index contributed by atoms with van der Waals surface area (Å²) in [5.41, 5.74) is 11.2. The fraction of sp³-hybridized carbons (Fsp3) is 0.269. The van der Waals surface area contributed by atoms with Crippen LogP contribution in [0.1, 0.15) is 34.3 Å². The monoisotopic (exact) mass is 417 g/mol. The predicted molar refractivity (Wildman–Crippen MR) is 123 cm³/mol. The summed E-state index contributed by atoms with van der Waals surface area (Å²) in [6.07, 6.45) is 3.37. The number of rotatable bonds is 7. The van der Waals surface area contributed by atoms with Crippen LogP contribution in [-0.2, 0) is 13.0 Å². The first kappa shape index (κ1) is 21.1. The van der Waals surface area contributed by atoms with Gasteiger partial charge in [0, 0.05) is 18.8 Å². The SMILES string of the molecule is Nc1cc(-c2ccc(F)cc2)ccc1C(=O)NCCc1ccc(CN2CCCC2)cc1. The molecule has 0 saturated carbocycles. The fourth-order valence-electron chi connectivity index (χ4n) is 4.02. The van der Waals surface area contributed by atoms with Gasteiger partial charge in [0.2, 0.25) is 0 Å². The Kier molecular flexibility index (Phi) is 6.63. The van der Waals surface area contributed by atoms with Crippen LogP contribution in [0, 0.1) is 5.82 Å². The molecule has 3 N–H and O–H groups in total. The van der Waals surface area contributed by atoms with Crippen LogP contribution in [0.5, 0.6) is 0 Å². The molecule has 4 nitrogen and oxygen atoms in total. The van der Waals surface area contributed by atoms with E-state index in [1.54, 1.807) is 24.3 Å². The summed E-state index contributed by atoms with van der Waals surface area (Å²) in [6, 6.07) is 20.2. The van der Waals surface area contributed by atoms with Crippen molar-refractivity contribution in [2.45, 2.75) is 25.8 Å². The molecule has 3 aromatic rings. The number of hydrogen-bond acceptors (Lipinski definition) is 3. The van der Waals surface area contributed by atoms with Gasteiger partial charge in [0.15, 0.2) is 0 Å². The van der Waals surface area contributed by atoms with E-state index in [4.69, 9.17) is 5.73 Å². The first-order valence-electron chi connectivity index (χ1n) is 10.8. The molecular weight excluding hydrogens is 389 g/mol. The van der Waals surface area contributed by atoms with Gasteiger partial charge in [0.1, 0.15) is 5.82 Å². The van der Waals surface area contributed by atoms with Gasteiger partial charge in [-0.25, -0.2) is 4.39 Å². The molecule has 4 rings (SSSR count). The van der Waals surface area contributed by atoms with Crippen LogP contribution in [-0.4, -0.2) is 30.4 Å². The van der Waals surface area contributed by atoms with E-state index in [-0.39, 0.29) is 11.7 Å². The topological polar surface area (TPSA) is 58.4 Å². The number of nitrogens with two attached hydrogens (primary N) is 1. The zero-order valence-corrected chi connectivity index (χ0v) is 17.6. The van der Waals surface area contributed by atoms with E-state index < -0.39 is 0 Å². The fourth-order valence-corrected chi connectivity index (χ4v) is 4.02. The van der Waals surface area contributed by atoms with Gasteiger partial charge in [-0.2, -0.15) is 0 Å². The highest BCUT2D eigenvalue weighted by Gasteiger charge is 2.12. The van der Waals surface area contributed by atoms with Crippen molar-refractivity contribution in [3.05, 3.63) is 89.2 Å². The van der Waals surface area contributed by atoms with Crippen LogP contribution in [0.4, 0.5) is 10.1 Å². The average Bonchev–Trinajstić information content (AvgIpc) is 3.28. The molecule has 1 aliphatic rings. The quantitative estimate of drug-likeness (QED) is 0.551. The van der Waals surface area contributed by atoms with Gasteiger partial charge in [0.05, 0.1) is 5.56 Å². The van der Waals surface area contributed by atoms with Gasteiger partial charge < -0.3 is 11.1 Å². The molecule has 0 aromatic heterocycles. The number of halogens is 1. The van der Waals surface area contributed by atoms with E-state index in [0.717, 1.165) is 24.1 Å². The van der Waals surface area contributed by atoms with Crippen molar-refractivity contribution in [3.63, 3.8) is 0 Å². The minimum Gasteiger partial charge on any atom is -0.398 e. The van der Waals surface area contributed by atoms with Crippen molar-refractivity contribution in [2.75, 3.05) is 25.4 Å². The molecule has 31 heavy (non-hydrogen) atoms. The molecule has 0 bridgehead atoms. The number of likely N-dealkylation sites (tertiary alicyclic amines) is 1. The normalized spacial score (nSPS) is 14.0. The van der Waals surface area contributed by atoms with Crippen LogP contribution in [0.25, 0.3) is 11.1 Å².